The number of hydrogen-bond acceptors (Lipinski definition) is 4. The summed E-state index contributed by atoms with van der Waals surface area (Å²) in [6.45, 7) is 5.60. The molecule has 0 saturated carbocycles. The van der Waals surface area contributed by atoms with Crippen LogP contribution in [0, 0.1) is 11.6 Å². The van der Waals surface area contributed by atoms with Crippen LogP contribution in [0.1, 0.15) is 52.0 Å². The highest BCUT2D eigenvalue weighted by Gasteiger charge is 2.30. The highest BCUT2D eigenvalue weighted by molar-refractivity contribution is 7.92. The second kappa shape index (κ2) is 13.7. The second-order valence-electron chi connectivity index (χ2n) is 8.89. The summed E-state index contributed by atoms with van der Waals surface area (Å²) in [7, 11) is -3.83. The van der Waals surface area contributed by atoms with E-state index in [1.165, 1.54) is 4.90 Å². The van der Waals surface area contributed by atoms with Crippen LogP contribution in [0.15, 0.2) is 42.5 Å². The van der Waals surface area contributed by atoms with Gasteiger partial charge in [0.1, 0.15) is 6.04 Å². The minimum absolute atomic E-state index is 0.0406. The van der Waals surface area contributed by atoms with Crippen LogP contribution >= 0.6 is 11.6 Å². The summed E-state index contributed by atoms with van der Waals surface area (Å²) in [4.78, 5) is 27.9. The van der Waals surface area contributed by atoms with Crippen molar-refractivity contribution in [1.82, 2.24) is 10.2 Å². The van der Waals surface area contributed by atoms with E-state index in [1.807, 2.05) is 20.8 Å². The molecule has 0 fully saturated rings. The number of nitrogens with zero attached hydrogens (tertiary/aromatic N) is 2. The second-order valence-corrected chi connectivity index (χ2v) is 11.2. The lowest BCUT2D eigenvalue weighted by Crippen LogP contribution is -2.50. The number of carbonyl (C=O) groups excluding carboxylic acids is 2. The lowest BCUT2D eigenvalue weighted by atomic mass is 10.1. The Balaban J connectivity index is 2.25. The molecule has 0 unspecified atom stereocenters. The van der Waals surface area contributed by atoms with Crippen LogP contribution in [-0.4, -0.2) is 50.0 Å². The zero-order valence-corrected chi connectivity index (χ0v) is 23.1. The maximum absolute atomic E-state index is 13.7. The van der Waals surface area contributed by atoms with Gasteiger partial charge in [-0.3, -0.25) is 13.9 Å². The molecule has 0 heterocycles. The molecular formula is C26H34ClF2N3O4S. The Morgan fingerprint density at radius 1 is 1.05 bits per heavy atom. The number of halogens is 3. The zero-order chi connectivity index (χ0) is 27.8. The molecule has 0 spiro atoms. The van der Waals surface area contributed by atoms with Crippen molar-refractivity contribution in [3.63, 3.8) is 0 Å². The fraction of sp³-hybridized carbons (Fsp3) is 0.462. The van der Waals surface area contributed by atoms with Crippen LogP contribution in [0.5, 0.6) is 0 Å². The standard InChI is InChI=1S/C26H34ClF2N3O4S/c1-5-18(3)30-26(34)24(6-2)31(17-19-10-7-8-11-21(19)27)25(33)12-9-15-32(37(4,35)36)20-13-14-22(28)23(29)16-20/h7-8,10-11,13-14,16,18,24H,5-6,9,12,15,17H2,1-4H3,(H,30,34)/t18-,24+/m1/s1. The minimum Gasteiger partial charge on any atom is -0.352 e. The van der Waals surface area contributed by atoms with Gasteiger partial charge < -0.3 is 10.2 Å². The first-order valence-electron chi connectivity index (χ1n) is 12.1. The van der Waals surface area contributed by atoms with Crippen LogP contribution in [0.25, 0.3) is 0 Å². The van der Waals surface area contributed by atoms with E-state index in [2.05, 4.69) is 5.32 Å². The normalized spacial score (nSPS) is 13.1. The molecule has 0 aliphatic carbocycles. The first kappa shape index (κ1) is 30.5. The van der Waals surface area contributed by atoms with Gasteiger partial charge in [0.15, 0.2) is 11.6 Å². The smallest absolute Gasteiger partial charge is 0.243 e. The van der Waals surface area contributed by atoms with E-state index in [9.17, 15) is 26.8 Å². The Hall–Kier alpha value is -2.72. The van der Waals surface area contributed by atoms with Crippen molar-refractivity contribution in [1.29, 1.82) is 0 Å². The monoisotopic (exact) mass is 557 g/mol. The molecule has 2 aromatic rings. The zero-order valence-electron chi connectivity index (χ0n) is 21.5. The van der Waals surface area contributed by atoms with Crippen molar-refractivity contribution in [3.05, 3.63) is 64.7 Å². The van der Waals surface area contributed by atoms with Gasteiger partial charge in [-0.25, -0.2) is 17.2 Å². The van der Waals surface area contributed by atoms with E-state index >= 15 is 0 Å². The van der Waals surface area contributed by atoms with E-state index in [4.69, 9.17) is 11.6 Å². The predicted octanol–water partition coefficient (Wildman–Crippen LogP) is 4.89. The van der Waals surface area contributed by atoms with Crippen LogP contribution < -0.4 is 9.62 Å². The van der Waals surface area contributed by atoms with Gasteiger partial charge >= 0.3 is 0 Å². The van der Waals surface area contributed by atoms with E-state index < -0.39 is 27.7 Å². The number of amides is 2. The molecule has 204 valence electrons. The topological polar surface area (TPSA) is 86.8 Å². The Kier molecular flexibility index (Phi) is 11.3. The molecular weight excluding hydrogens is 524 g/mol. The molecule has 0 aliphatic rings. The molecule has 2 aromatic carbocycles. The predicted molar refractivity (Wildman–Crippen MR) is 142 cm³/mol. The summed E-state index contributed by atoms with van der Waals surface area (Å²) in [5.41, 5.74) is 0.632. The molecule has 2 rings (SSSR count). The molecule has 0 radical (unpaired) electrons. The largest absolute Gasteiger partial charge is 0.352 e. The average Bonchev–Trinajstić information content (AvgIpc) is 2.83. The summed E-state index contributed by atoms with van der Waals surface area (Å²) in [6.07, 6.45) is 2.06. The SMILES string of the molecule is CC[C@@H](C)NC(=O)[C@H](CC)N(Cc1ccccc1Cl)C(=O)CCCN(c1ccc(F)c(F)c1)S(C)(=O)=O. The van der Waals surface area contributed by atoms with Crippen molar-refractivity contribution in [2.24, 2.45) is 0 Å². The van der Waals surface area contributed by atoms with Gasteiger partial charge in [0, 0.05) is 36.6 Å². The maximum atomic E-state index is 13.7. The van der Waals surface area contributed by atoms with Crippen LogP contribution in [0.3, 0.4) is 0 Å². The van der Waals surface area contributed by atoms with Gasteiger partial charge in [0.2, 0.25) is 21.8 Å². The third-order valence-electron chi connectivity index (χ3n) is 6.03. The highest BCUT2D eigenvalue weighted by Crippen LogP contribution is 2.23. The number of anilines is 1. The Morgan fingerprint density at radius 2 is 1.73 bits per heavy atom. The Labute approximate surface area is 222 Å². The number of hydrogen-bond donors (Lipinski definition) is 1. The minimum atomic E-state index is -3.83. The van der Waals surface area contributed by atoms with Crippen molar-refractivity contribution in [2.45, 2.75) is 65.1 Å². The molecule has 0 bridgehead atoms. The van der Waals surface area contributed by atoms with Gasteiger partial charge in [-0.15, -0.1) is 0 Å². The number of nitrogens with one attached hydrogen (secondary N) is 1. The molecule has 0 aliphatic heterocycles. The molecule has 2 atom stereocenters. The van der Waals surface area contributed by atoms with Crippen LogP contribution in [0.4, 0.5) is 14.5 Å². The average molecular weight is 558 g/mol. The number of carbonyl (C=O) groups is 2. The number of benzene rings is 2. The summed E-state index contributed by atoms with van der Waals surface area (Å²) in [6, 6.07) is 9.02. The fourth-order valence-electron chi connectivity index (χ4n) is 3.81. The first-order valence-corrected chi connectivity index (χ1v) is 14.4. The molecule has 37 heavy (non-hydrogen) atoms. The quantitative estimate of drug-likeness (QED) is 0.380. The lowest BCUT2D eigenvalue weighted by molar-refractivity contribution is -0.141. The highest BCUT2D eigenvalue weighted by atomic mass is 35.5. The Bertz CT molecular complexity index is 1200. The molecule has 7 nitrogen and oxygen atoms in total. The molecule has 0 aromatic heterocycles. The molecule has 11 heteroatoms. The van der Waals surface area contributed by atoms with Crippen molar-refractivity contribution < 1.29 is 26.8 Å². The van der Waals surface area contributed by atoms with E-state index in [0.717, 1.165) is 35.2 Å². The third-order valence-corrected chi connectivity index (χ3v) is 7.59. The van der Waals surface area contributed by atoms with Gasteiger partial charge in [0.25, 0.3) is 0 Å². The van der Waals surface area contributed by atoms with Gasteiger partial charge in [0.05, 0.1) is 11.9 Å². The maximum Gasteiger partial charge on any atom is 0.243 e. The fourth-order valence-corrected chi connectivity index (χ4v) is 4.97. The molecule has 2 amide bonds. The molecule has 1 N–H and O–H groups in total. The number of sulfonamides is 1. The Morgan fingerprint density at radius 3 is 2.30 bits per heavy atom. The van der Waals surface area contributed by atoms with E-state index in [-0.39, 0.29) is 49.5 Å². The van der Waals surface area contributed by atoms with Crippen molar-refractivity contribution in [3.8, 4) is 0 Å². The van der Waals surface area contributed by atoms with E-state index in [0.29, 0.717) is 17.0 Å². The van der Waals surface area contributed by atoms with Gasteiger partial charge in [-0.1, -0.05) is 43.6 Å². The van der Waals surface area contributed by atoms with Gasteiger partial charge in [-0.2, -0.15) is 0 Å². The summed E-state index contributed by atoms with van der Waals surface area (Å²) in [5.74, 6) is -2.91. The van der Waals surface area contributed by atoms with Gasteiger partial charge in [-0.05, 0) is 49.9 Å². The van der Waals surface area contributed by atoms with Crippen LogP contribution in [-0.2, 0) is 26.2 Å². The first-order chi connectivity index (χ1) is 17.4. The number of rotatable bonds is 13. The lowest BCUT2D eigenvalue weighted by Gasteiger charge is -2.32. The summed E-state index contributed by atoms with van der Waals surface area (Å²) >= 11 is 6.33. The third kappa shape index (κ3) is 8.67. The van der Waals surface area contributed by atoms with Crippen molar-refractivity contribution in [2.75, 3.05) is 17.1 Å². The van der Waals surface area contributed by atoms with Crippen molar-refractivity contribution >= 4 is 39.1 Å². The molecule has 0 saturated heterocycles. The summed E-state index contributed by atoms with van der Waals surface area (Å²) < 4.78 is 52.7. The van der Waals surface area contributed by atoms with Crippen LogP contribution in [0.2, 0.25) is 5.02 Å². The van der Waals surface area contributed by atoms with E-state index in [1.54, 1.807) is 24.3 Å². The summed E-state index contributed by atoms with van der Waals surface area (Å²) in [5, 5.41) is 3.38.